The van der Waals surface area contributed by atoms with Gasteiger partial charge in [0.1, 0.15) is 0 Å². The molecule has 0 amide bonds. The predicted octanol–water partition coefficient (Wildman–Crippen LogP) is 3.39. The number of anilines is 2. The van der Waals surface area contributed by atoms with Gasteiger partial charge in [-0.05, 0) is 30.7 Å². The second-order valence-electron chi connectivity index (χ2n) is 4.53. The zero-order chi connectivity index (χ0) is 12.6. The molecule has 0 spiro atoms. The van der Waals surface area contributed by atoms with Crippen LogP contribution in [0.4, 0.5) is 11.4 Å². The van der Waals surface area contributed by atoms with Crippen LogP contribution < -0.4 is 4.90 Å². The molecule has 1 nitrogen and oxygen atoms in total. The molecule has 0 fully saturated rings. The standard InChI is InChI=1S/C16H21NSi/c18-14-8-7-13-17(15-9-3-1-4-10-15)16-11-5-2-6-12-16/h1-6,9-12H,7-8,13-14H2,18H3. The second kappa shape index (κ2) is 7.02. The molecule has 0 aliphatic carbocycles. The lowest BCUT2D eigenvalue weighted by atomic mass is 10.2. The molecular formula is C16H21NSi. The number of hydrogen-bond donors (Lipinski definition) is 0. The lowest BCUT2D eigenvalue weighted by Crippen LogP contribution is -2.18. The van der Waals surface area contributed by atoms with Crippen LogP contribution in [0.25, 0.3) is 0 Å². The monoisotopic (exact) mass is 255 g/mol. The first-order chi connectivity index (χ1) is 8.92. The molecule has 2 heteroatoms. The third kappa shape index (κ3) is 3.47. The summed E-state index contributed by atoms with van der Waals surface area (Å²) in [6.45, 7) is 1.11. The van der Waals surface area contributed by atoms with Gasteiger partial charge >= 0.3 is 0 Å². The topological polar surface area (TPSA) is 3.24 Å². The van der Waals surface area contributed by atoms with E-state index in [0.29, 0.717) is 0 Å². The highest BCUT2D eigenvalue weighted by Crippen LogP contribution is 2.25. The van der Waals surface area contributed by atoms with Crippen molar-refractivity contribution in [2.75, 3.05) is 11.4 Å². The lowest BCUT2D eigenvalue weighted by Gasteiger charge is -2.25. The molecule has 0 heterocycles. The quantitative estimate of drug-likeness (QED) is 0.565. The van der Waals surface area contributed by atoms with Crippen molar-refractivity contribution in [2.45, 2.75) is 18.9 Å². The molecule has 0 aliphatic rings. The van der Waals surface area contributed by atoms with Gasteiger partial charge in [0, 0.05) is 28.2 Å². The Kier molecular flexibility index (Phi) is 5.03. The number of para-hydroxylation sites is 2. The summed E-state index contributed by atoms with van der Waals surface area (Å²) in [6.07, 6.45) is 2.62. The Morgan fingerprint density at radius 3 is 1.67 bits per heavy atom. The molecular weight excluding hydrogens is 234 g/mol. The second-order valence-corrected chi connectivity index (χ2v) is 5.53. The first-order valence-corrected chi connectivity index (χ1v) is 8.21. The van der Waals surface area contributed by atoms with Crippen LogP contribution in [0.2, 0.25) is 6.04 Å². The molecule has 0 unspecified atom stereocenters. The molecule has 0 aromatic heterocycles. The average molecular weight is 255 g/mol. The Bertz CT molecular complexity index is 402. The summed E-state index contributed by atoms with van der Waals surface area (Å²) in [5.41, 5.74) is 2.58. The minimum Gasteiger partial charge on any atom is -0.341 e. The van der Waals surface area contributed by atoms with Crippen molar-refractivity contribution in [3.05, 3.63) is 60.7 Å². The van der Waals surface area contributed by atoms with Gasteiger partial charge in [-0.1, -0.05) is 48.9 Å². The van der Waals surface area contributed by atoms with E-state index in [9.17, 15) is 0 Å². The highest BCUT2D eigenvalue weighted by atomic mass is 28.1. The van der Waals surface area contributed by atoms with E-state index in [4.69, 9.17) is 0 Å². The molecule has 0 bridgehead atoms. The first-order valence-electron chi connectivity index (χ1n) is 6.79. The first kappa shape index (κ1) is 12.9. The average Bonchev–Trinajstić information content (AvgIpc) is 2.46. The fraction of sp³-hybridized carbons (Fsp3) is 0.250. The molecule has 0 aliphatic heterocycles. The molecule has 2 rings (SSSR count). The van der Waals surface area contributed by atoms with Crippen molar-refractivity contribution in [3.63, 3.8) is 0 Å². The number of unbranched alkanes of at least 4 members (excludes halogenated alkanes) is 1. The van der Waals surface area contributed by atoms with Crippen LogP contribution in [0.15, 0.2) is 60.7 Å². The SMILES string of the molecule is [SiH3]CCCCN(c1ccccc1)c1ccccc1. The van der Waals surface area contributed by atoms with Gasteiger partial charge in [-0.15, -0.1) is 0 Å². The van der Waals surface area contributed by atoms with Crippen LogP contribution in [-0.2, 0) is 0 Å². The molecule has 0 saturated heterocycles. The number of hydrogen-bond acceptors (Lipinski definition) is 1. The van der Waals surface area contributed by atoms with E-state index < -0.39 is 0 Å². The molecule has 2 aromatic rings. The van der Waals surface area contributed by atoms with Crippen molar-refractivity contribution in [2.24, 2.45) is 0 Å². The van der Waals surface area contributed by atoms with Gasteiger partial charge in [0.25, 0.3) is 0 Å². The molecule has 0 N–H and O–H groups in total. The Balaban J connectivity index is 2.18. The summed E-state index contributed by atoms with van der Waals surface area (Å²) in [5, 5.41) is 0. The summed E-state index contributed by atoms with van der Waals surface area (Å²) in [5.74, 6) is 0. The molecule has 0 saturated carbocycles. The zero-order valence-corrected chi connectivity index (χ0v) is 13.0. The fourth-order valence-corrected chi connectivity index (χ4v) is 2.64. The van der Waals surface area contributed by atoms with E-state index >= 15 is 0 Å². The predicted molar refractivity (Wildman–Crippen MR) is 83.9 cm³/mol. The Morgan fingerprint density at radius 1 is 0.722 bits per heavy atom. The third-order valence-corrected chi connectivity index (χ3v) is 3.83. The van der Waals surface area contributed by atoms with Gasteiger partial charge in [0.15, 0.2) is 0 Å². The van der Waals surface area contributed by atoms with Gasteiger partial charge in [0.05, 0.1) is 0 Å². The molecule has 0 atom stereocenters. The zero-order valence-electron chi connectivity index (χ0n) is 11.0. The summed E-state index contributed by atoms with van der Waals surface area (Å²) < 4.78 is 0. The minimum absolute atomic E-state index is 1.11. The molecule has 0 radical (unpaired) electrons. The maximum Gasteiger partial charge on any atom is 0.0410 e. The number of nitrogens with zero attached hydrogens (tertiary/aromatic N) is 1. The van der Waals surface area contributed by atoms with Crippen LogP contribution in [0.3, 0.4) is 0 Å². The van der Waals surface area contributed by atoms with Crippen molar-refractivity contribution in [1.82, 2.24) is 0 Å². The van der Waals surface area contributed by atoms with Crippen LogP contribution in [0.1, 0.15) is 12.8 Å². The Hall–Kier alpha value is -1.54. The van der Waals surface area contributed by atoms with E-state index in [0.717, 1.165) is 6.54 Å². The number of rotatable bonds is 6. The van der Waals surface area contributed by atoms with Crippen molar-refractivity contribution in [3.8, 4) is 0 Å². The van der Waals surface area contributed by atoms with E-state index in [2.05, 4.69) is 65.6 Å². The normalized spacial score (nSPS) is 10.4. The maximum absolute atomic E-state index is 2.41. The van der Waals surface area contributed by atoms with E-state index in [1.807, 2.05) is 0 Å². The van der Waals surface area contributed by atoms with Crippen LogP contribution in [0.5, 0.6) is 0 Å². The van der Waals surface area contributed by atoms with Crippen LogP contribution in [0, 0.1) is 0 Å². The molecule has 2 aromatic carbocycles. The van der Waals surface area contributed by atoms with Crippen LogP contribution >= 0.6 is 0 Å². The van der Waals surface area contributed by atoms with E-state index in [1.54, 1.807) is 0 Å². The van der Waals surface area contributed by atoms with Gasteiger partial charge in [-0.2, -0.15) is 0 Å². The third-order valence-electron chi connectivity index (χ3n) is 3.12. The largest absolute Gasteiger partial charge is 0.341 e. The van der Waals surface area contributed by atoms with Gasteiger partial charge in [0.2, 0.25) is 0 Å². The number of benzene rings is 2. The summed E-state index contributed by atoms with van der Waals surface area (Å²) >= 11 is 0. The maximum atomic E-state index is 2.41. The van der Waals surface area contributed by atoms with Gasteiger partial charge in [-0.3, -0.25) is 0 Å². The van der Waals surface area contributed by atoms with Crippen molar-refractivity contribution in [1.29, 1.82) is 0 Å². The molecule has 18 heavy (non-hydrogen) atoms. The highest BCUT2D eigenvalue weighted by Gasteiger charge is 2.07. The molecule has 94 valence electrons. The lowest BCUT2D eigenvalue weighted by molar-refractivity contribution is 0.785. The summed E-state index contributed by atoms with van der Waals surface area (Å²) in [4.78, 5) is 2.41. The Morgan fingerprint density at radius 2 is 1.22 bits per heavy atom. The van der Waals surface area contributed by atoms with Gasteiger partial charge < -0.3 is 4.90 Å². The minimum atomic E-state index is 1.11. The van der Waals surface area contributed by atoms with Crippen molar-refractivity contribution >= 4 is 21.6 Å². The smallest absolute Gasteiger partial charge is 0.0410 e. The van der Waals surface area contributed by atoms with Gasteiger partial charge in [-0.25, -0.2) is 0 Å². The summed E-state index contributed by atoms with van der Waals surface area (Å²) in [7, 11) is 1.32. The van der Waals surface area contributed by atoms with Crippen LogP contribution in [-0.4, -0.2) is 16.8 Å². The van der Waals surface area contributed by atoms with E-state index in [-0.39, 0.29) is 0 Å². The highest BCUT2D eigenvalue weighted by molar-refractivity contribution is 6.08. The Labute approximate surface area is 113 Å². The van der Waals surface area contributed by atoms with Crippen molar-refractivity contribution < 1.29 is 0 Å². The van der Waals surface area contributed by atoms with E-state index in [1.165, 1.54) is 40.5 Å². The summed E-state index contributed by atoms with van der Waals surface area (Å²) in [6, 6.07) is 22.7. The fourth-order valence-electron chi connectivity index (χ4n) is 2.14.